The van der Waals surface area contributed by atoms with Gasteiger partial charge in [0.25, 0.3) is 0 Å². The van der Waals surface area contributed by atoms with Gasteiger partial charge in [-0.3, -0.25) is 9.59 Å². The summed E-state index contributed by atoms with van der Waals surface area (Å²) in [5.74, 6) is -1.36. The molecule has 7 nitrogen and oxygen atoms in total. The normalized spacial score (nSPS) is 24.7. The van der Waals surface area contributed by atoms with Gasteiger partial charge in [-0.15, -0.1) is 0 Å². The Morgan fingerprint density at radius 1 is 1.28 bits per heavy atom. The van der Waals surface area contributed by atoms with Crippen molar-refractivity contribution in [2.24, 2.45) is 5.73 Å². The third-order valence-corrected chi connectivity index (χ3v) is 4.90. The predicted octanol–water partition coefficient (Wildman–Crippen LogP) is 1.26. The van der Waals surface area contributed by atoms with Crippen LogP contribution < -0.4 is 11.1 Å². The number of carbonyl (C=O) groups excluding carboxylic acids is 3. The minimum absolute atomic E-state index is 0.147. The van der Waals surface area contributed by atoms with Crippen molar-refractivity contribution >= 4 is 23.3 Å². The maximum Gasteiger partial charge on any atom is 0.340 e. The smallest absolute Gasteiger partial charge is 0.340 e. The zero-order chi connectivity index (χ0) is 17.8. The number of Topliss-reactive ketones (excluding diaryl/α,β-unsaturated/α-hetero) is 1. The maximum atomic E-state index is 13.1. The Bertz CT molecular complexity index is 898. The van der Waals surface area contributed by atoms with Gasteiger partial charge in [0.05, 0.1) is 12.7 Å². The van der Waals surface area contributed by atoms with Crippen molar-refractivity contribution in [2.45, 2.75) is 24.7 Å². The number of hydrogen-bond donors (Lipinski definition) is 2. The summed E-state index contributed by atoms with van der Waals surface area (Å²) in [5.41, 5.74) is 5.48. The van der Waals surface area contributed by atoms with Gasteiger partial charge in [0, 0.05) is 24.1 Å². The van der Waals surface area contributed by atoms with E-state index in [0.717, 1.165) is 0 Å². The van der Waals surface area contributed by atoms with Gasteiger partial charge in [-0.2, -0.15) is 0 Å². The van der Waals surface area contributed by atoms with Gasteiger partial charge >= 0.3 is 5.97 Å². The van der Waals surface area contributed by atoms with E-state index in [1.165, 1.54) is 7.11 Å². The first-order chi connectivity index (χ1) is 12.0. The highest BCUT2D eigenvalue weighted by Crippen LogP contribution is 2.54. The molecule has 3 N–H and O–H groups in total. The topological polar surface area (TPSA) is 108 Å². The number of allylic oxidation sites excluding steroid dienone is 1. The maximum absolute atomic E-state index is 13.1. The monoisotopic (exact) mass is 340 g/mol. The van der Waals surface area contributed by atoms with Crippen LogP contribution in [0, 0.1) is 0 Å². The SMILES string of the molecule is COC(=O)C1=C(N)OC2=C(C(=O)CCC2)[C@]12C(=O)Nc1ccccc12. The summed E-state index contributed by atoms with van der Waals surface area (Å²) in [4.78, 5) is 38.4. The molecule has 0 unspecified atom stereocenters. The van der Waals surface area contributed by atoms with Crippen molar-refractivity contribution in [3.8, 4) is 0 Å². The van der Waals surface area contributed by atoms with Gasteiger partial charge in [-0.05, 0) is 12.5 Å². The summed E-state index contributed by atoms with van der Waals surface area (Å²) in [6.07, 6.45) is 1.37. The molecule has 25 heavy (non-hydrogen) atoms. The Morgan fingerprint density at radius 3 is 2.80 bits per heavy atom. The zero-order valence-electron chi connectivity index (χ0n) is 13.5. The number of anilines is 1. The number of rotatable bonds is 1. The van der Waals surface area contributed by atoms with Crippen LogP contribution in [0.4, 0.5) is 5.69 Å². The number of amides is 1. The fraction of sp³-hybridized carbons (Fsp3) is 0.278. The third-order valence-electron chi connectivity index (χ3n) is 4.90. The zero-order valence-corrected chi connectivity index (χ0v) is 13.5. The van der Waals surface area contributed by atoms with Crippen LogP contribution in [-0.4, -0.2) is 24.8 Å². The molecule has 2 aliphatic heterocycles. The van der Waals surface area contributed by atoms with Crippen molar-refractivity contribution in [1.82, 2.24) is 0 Å². The van der Waals surface area contributed by atoms with Gasteiger partial charge < -0.3 is 20.5 Å². The van der Waals surface area contributed by atoms with E-state index in [2.05, 4.69) is 5.32 Å². The molecule has 0 aromatic heterocycles. The number of carbonyl (C=O) groups is 3. The number of esters is 1. The standard InChI is InChI=1S/C18H16N2O5/c1-24-16(22)14-15(19)25-12-8-4-7-11(21)13(12)18(14)9-5-2-3-6-10(9)20-17(18)23/h2-3,5-6H,4,7-8,19H2,1H3,(H,20,23)/t18-/m0/s1. The second kappa shape index (κ2) is 5.20. The molecule has 3 aliphatic rings. The number of fused-ring (bicyclic) bond motifs is 3. The Kier molecular flexibility index (Phi) is 3.21. The van der Waals surface area contributed by atoms with Crippen LogP contribution in [0.2, 0.25) is 0 Å². The van der Waals surface area contributed by atoms with Gasteiger partial charge in [-0.1, -0.05) is 18.2 Å². The van der Waals surface area contributed by atoms with E-state index in [9.17, 15) is 14.4 Å². The van der Waals surface area contributed by atoms with Gasteiger partial charge in [-0.25, -0.2) is 4.79 Å². The van der Waals surface area contributed by atoms with Crippen molar-refractivity contribution in [3.63, 3.8) is 0 Å². The molecule has 128 valence electrons. The van der Waals surface area contributed by atoms with Gasteiger partial charge in [0.15, 0.2) is 5.78 Å². The average Bonchev–Trinajstić information content (AvgIpc) is 2.87. The highest BCUT2D eigenvalue weighted by Gasteiger charge is 2.61. The van der Waals surface area contributed by atoms with Crippen LogP contribution in [0.15, 0.2) is 47.1 Å². The minimum Gasteiger partial charge on any atom is -0.465 e. The molecular weight excluding hydrogens is 324 g/mol. The molecule has 0 fully saturated rings. The van der Waals surface area contributed by atoms with E-state index in [4.69, 9.17) is 15.2 Å². The van der Waals surface area contributed by atoms with E-state index >= 15 is 0 Å². The molecule has 0 saturated heterocycles. The largest absolute Gasteiger partial charge is 0.465 e. The quantitative estimate of drug-likeness (QED) is 0.745. The number of para-hydroxylation sites is 1. The minimum atomic E-state index is -1.63. The molecule has 7 heteroatoms. The lowest BCUT2D eigenvalue weighted by molar-refractivity contribution is -0.138. The number of hydrogen-bond acceptors (Lipinski definition) is 6. The Morgan fingerprint density at radius 2 is 2.04 bits per heavy atom. The molecule has 0 radical (unpaired) electrons. The summed E-state index contributed by atoms with van der Waals surface area (Å²) in [7, 11) is 1.20. The first kappa shape index (κ1) is 15.4. The summed E-state index contributed by atoms with van der Waals surface area (Å²) in [6, 6.07) is 6.94. The molecule has 2 heterocycles. The summed E-state index contributed by atoms with van der Waals surface area (Å²) >= 11 is 0. The van der Waals surface area contributed by atoms with Crippen molar-refractivity contribution in [3.05, 3.63) is 52.6 Å². The van der Waals surface area contributed by atoms with Gasteiger partial charge in [0.2, 0.25) is 11.8 Å². The molecule has 1 aliphatic carbocycles. The second-order valence-electron chi connectivity index (χ2n) is 6.16. The highest BCUT2D eigenvalue weighted by atomic mass is 16.5. The third kappa shape index (κ3) is 1.83. The summed E-state index contributed by atoms with van der Waals surface area (Å²) < 4.78 is 10.4. The van der Waals surface area contributed by atoms with Crippen molar-refractivity contribution < 1.29 is 23.9 Å². The Labute approximate surface area is 143 Å². The molecule has 0 saturated carbocycles. The lowest BCUT2D eigenvalue weighted by Crippen LogP contribution is -2.49. The lowest BCUT2D eigenvalue weighted by atomic mass is 9.65. The number of ketones is 1. The molecule has 4 rings (SSSR count). The first-order valence-corrected chi connectivity index (χ1v) is 7.96. The van der Waals surface area contributed by atoms with Crippen molar-refractivity contribution in [2.75, 3.05) is 12.4 Å². The number of ether oxygens (including phenoxy) is 2. The predicted molar refractivity (Wildman–Crippen MR) is 86.9 cm³/mol. The first-order valence-electron chi connectivity index (χ1n) is 7.96. The Balaban J connectivity index is 2.11. The molecular formula is C18H16N2O5. The van der Waals surface area contributed by atoms with Gasteiger partial charge in [0.1, 0.15) is 16.7 Å². The van der Waals surface area contributed by atoms with Crippen LogP contribution in [0.1, 0.15) is 24.8 Å². The molecule has 1 atom stereocenters. The van der Waals surface area contributed by atoms with Crippen LogP contribution in [0.5, 0.6) is 0 Å². The summed E-state index contributed by atoms with van der Waals surface area (Å²) in [6.45, 7) is 0. The number of nitrogens with two attached hydrogens (primary N) is 1. The Hall–Kier alpha value is -3.09. The second-order valence-corrected chi connectivity index (χ2v) is 6.16. The van der Waals surface area contributed by atoms with Crippen LogP contribution >= 0.6 is 0 Å². The molecule has 1 amide bonds. The molecule has 1 aromatic rings. The number of benzene rings is 1. The average molecular weight is 340 g/mol. The van der Waals surface area contributed by atoms with Crippen molar-refractivity contribution in [1.29, 1.82) is 0 Å². The highest BCUT2D eigenvalue weighted by molar-refractivity contribution is 6.22. The fourth-order valence-electron chi connectivity index (χ4n) is 3.94. The fourth-order valence-corrected chi connectivity index (χ4v) is 3.94. The van der Waals surface area contributed by atoms with E-state index in [0.29, 0.717) is 29.9 Å². The van der Waals surface area contributed by atoms with Crippen LogP contribution in [-0.2, 0) is 29.3 Å². The van der Waals surface area contributed by atoms with E-state index < -0.39 is 17.3 Å². The van der Waals surface area contributed by atoms with Crippen LogP contribution in [0.3, 0.4) is 0 Å². The van der Waals surface area contributed by atoms with E-state index in [-0.39, 0.29) is 29.2 Å². The number of nitrogens with one attached hydrogen (secondary N) is 1. The van der Waals surface area contributed by atoms with E-state index in [1.807, 2.05) is 0 Å². The van der Waals surface area contributed by atoms with Crippen LogP contribution in [0.25, 0.3) is 0 Å². The molecule has 1 spiro atoms. The number of methoxy groups -OCH3 is 1. The summed E-state index contributed by atoms with van der Waals surface area (Å²) in [5, 5.41) is 2.76. The van der Waals surface area contributed by atoms with E-state index in [1.54, 1.807) is 24.3 Å². The molecule has 1 aromatic carbocycles. The lowest BCUT2D eigenvalue weighted by Gasteiger charge is -2.38. The molecule has 0 bridgehead atoms.